The van der Waals surface area contributed by atoms with Crippen LogP contribution in [0.5, 0.6) is 5.88 Å². The molecule has 1 heterocycles. The van der Waals surface area contributed by atoms with Gasteiger partial charge in [0.15, 0.2) is 5.96 Å². The molecular weight excluding hydrogens is 445 g/mol. The van der Waals surface area contributed by atoms with Gasteiger partial charge in [-0.3, -0.25) is 9.79 Å². The number of pyridine rings is 1. The lowest BCUT2D eigenvalue weighted by Crippen LogP contribution is -2.49. The zero-order valence-corrected chi connectivity index (χ0v) is 18.4. The SMILES string of the molecule is CN=C(NCc1ccc(OC)nc1)NCC1(C(=O)N(C)C)CCCC1.I. The summed E-state index contributed by atoms with van der Waals surface area (Å²) in [4.78, 5) is 22.8. The summed E-state index contributed by atoms with van der Waals surface area (Å²) < 4.78 is 5.06. The minimum Gasteiger partial charge on any atom is -0.481 e. The fourth-order valence-corrected chi connectivity index (χ4v) is 3.29. The molecule has 0 unspecified atom stereocenters. The van der Waals surface area contributed by atoms with Gasteiger partial charge in [-0.1, -0.05) is 18.9 Å². The Labute approximate surface area is 173 Å². The van der Waals surface area contributed by atoms with Gasteiger partial charge in [0.25, 0.3) is 0 Å². The molecule has 0 bridgehead atoms. The van der Waals surface area contributed by atoms with Gasteiger partial charge in [-0.05, 0) is 18.4 Å². The van der Waals surface area contributed by atoms with Crippen LogP contribution in [0.15, 0.2) is 23.3 Å². The molecule has 1 fully saturated rings. The lowest BCUT2D eigenvalue weighted by molar-refractivity contribution is -0.138. The Morgan fingerprint density at radius 3 is 2.50 bits per heavy atom. The molecule has 1 amide bonds. The van der Waals surface area contributed by atoms with Crippen molar-refractivity contribution in [2.24, 2.45) is 10.4 Å². The Bertz CT molecular complexity index is 598. The number of rotatable bonds is 6. The summed E-state index contributed by atoms with van der Waals surface area (Å²) in [6.45, 7) is 1.20. The van der Waals surface area contributed by atoms with Gasteiger partial charge in [-0.15, -0.1) is 24.0 Å². The summed E-state index contributed by atoms with van der Waals surface area (Å²) >= 11 is 0. The first-order valence-electron chi connectivity index (χ1n) is 8.66. The van der Waals surface area contributed by atoms with Crippen LogP contribution in [0.4, 0.5) is 0 Å². The maximum absolute atomic E-state index is 12.6. The number of hydrogen-bond donors (Lipinski definition) is 2. The second kappa shape index (κ2) is 10.5. The highest BCUT2D eigenvalue weighted by atomic mass is 127. The maximum atomic E-state index is 12.6. The predicted octanol–water partition coefficient (Wildman–Crippen LogP) is 2.02. The Hall–Kier alpha value is -1.58. The zero-order chi connectivity index (χ0) is 18.3. The van der Waals surface area contributed by atoms with Crippen LogP contribution in [0.25, 0.3) is 0 Å². The number of carbonyl (C=O) groups is 1. The molecule has 1 aromatic rings. The normalized spacial score (nSPS) is 15.8. The molecule has 1 saturated carbocycles. The van der Waals surface area contributed by atoms with Gasteiger partial charge in [0.2, 0.25) is 11.8 Å². The van der Waals surface area contributed by atoms with Crippen molar-refractivity contribution in [3.8, 4) is 5.88 Å². The van der Waals surface area contributed by atoms with Crippen LogP contribution in [-0.4, -0.2) is 56.5 Å². The summed E-state index contributed by atoms with van der Waals surface area (Å²) in [5, 5.41) is 6.59. The second-order valence-corrected chi connectivity index (χ2v) is 6.68. The zero-order valence-electron chi connectivity index (χ0n) is 16.0. The van der Waals surface area contributed by atoms with E-state index in [4.69, 9.17) is 4.74 Å². The highest BCUT2D eigenvalue weighted by molar-refractivity contribution is 14.0. The van der Waals surface area contributed by atoms with Crippen molar-refractivity contribution >= 4 is 35.8 Å². The molecule has 0 saturated heterocycles. The number of methoxy groups -OCH3 is 1. The molecule has 1 aromatic heterocycles. The van der Waals surface area contributed by atoms with E-state index in [0.717, 1.165) is 31.2 Å². The van der Waals surface area contributed by atoms with Crippen molar-refractivity contribution < 1.29 is 9.53 Å². The third-order valence-corrected chi connectivity index (χ3v) is 4.71. The molecule has 0 aliphatic heterocycles. The summed E-state index contributed by atoms with van der Waals surface area (Å²) in [6, 6.07) is 3.79. The fraction of sp³-hybridized carbons (Fsp3) is 0.611. The van der Waals surface area contributed by atoms with E-state index in [1.807, 2.05) is 26.2 Å². The highest BCUT2D eigenvalue weighted by Crippen LogP contribution is 2.38. The van der Waals surface area contributed by atoms with Gasteiger partial charge in [0, 0.05) is 46.5 Å². The Kier molecular flexibility index (Phi) is 9.11. The maximum Gasteiger partial charge on any atom is 0.230 e. The molecule has 7 nitrogen and oxygen atoms in total. The van der Waals surface area contributed by atoms with Gasteiger partial charge in [0.05, 0.1) is 12.5 Å². The van der Waals surface area contributed by atoms with Crippen molar-refractivity contribution in [3.63, 3.8) is 0 Å². The standard InChI is InChI=1S/C18H29N5O2.HI/c1-19-17(21-12-14-7-8-15(25-4)20-11-14)22-13-18(9-5-6-10-18)16(24)23(2)3;/h7-8,11H,5-6,9-10,12-13H2,1-4H3,(H2,19,21,22);1H. The van der Waals surface area contributed by atoms with E-state index in [1.165, 1.54) is 0 Å². The number of nitrogens with zero attached hydrogens (tertiary/aromatic N) is 3. The minimum absolute atomic E-state index is 0. The van der Waals surface area contributed by atoms with Crippen LogP contribution in [0.1, 0.15) is 31.2 Å². The average molecular weight is 475 g/mol. The average Bonchev–Trinajstić information content (AvgIpc) is 3.11. The monoisotopic (exact) mass is 475 g/mol. The number of aromatic nitrogens is 1. The number of amides is 1. The van der Waals surface area contributed by atoms with Crippen molar-refractivity contribution in [1.82, 2.24) is 20.5 Å². The van der Waals surface area contributed by atoms with Gasteiger partial charge in [-0.25, -0.2) is 4.98 Å². The third-order valence-electron chi connectivity index (χ3n) is 4.71. The number of aliphatic imine (C=N–C) groups is 1. The molecule has 0 radical (unpaired) electrons. The van der Waals surface area contributed by atoms with E-state index in [1.54, 1.807) is 25.3 Å². The van der Waals surface area contributed by atoms with E-state index in [0.29, 0.717) is 24.9 Å². The molecule has 0 atom stereocenters. The first-order valence-corrected chi connectivity index (χ1v) is 8.66. The third kappa shape index (κ3) is 5.72. The predicted molar refractivity (Wildman–Crippen MR) is 114 cm³/mol. The molecular formula is C18H30IN5O2. The molecule has 0 aromatic carbocycles. The summed E-state index contributed by atoms with van der Waals surface area (Å²) in [5.41, 5.74) is 0.715. The first kappa shape index (κ1) is 22.5. The van der Waals surface area contributed by atoms with Crippen LogP contribution in [-0.2, 0) is 11.3 Å². The topological polar surface area (TPSA) is 78.9 Å². The lowest BCUT2D eigenvalue weighted by Gasteiger charge is -2.31. The van der Waals surface area contributed by atoms with E-state index < -0.39 is 0 Å². The summed E-state index contributed by atoms with van der Waals surface area (Å²) in [5.74, 6) is 1.48. The van der Waals surface area contributed by atoms with Crippen LogP contribution >= 0.6 is 24.0 Å². The van der Waals surface area contributed by atoms with E-state index >= 15 is 0 Å². The van der Waals surface area contributed by atoms with Crippen molar-refractivity contribution in [2.45, 2.75) is 32.2 Å². The molecule has 1 aliphatic carbocycles. The molecule has 1 aliphatic rings. The summed E-state index contributed by atoms with van der Waals surface area (Å²) in [7, 11) is 6.98. The number of halogens is 1. The van der Waals surface area contributed by atoms with Crippen molar-refractivity contribution in [3.05, 3.63) is 23.9 Å². The molecule has 2 N–H and O–H groups in total. The molecule has 26 heavy (non-hydrogen) atoms. The van der Waals surface area contributed by atoms with Crippen molar-refractivity contribution in [2.75, 3.05) is 34.8 Å². The number of guanidine groups is 1. The number of ether oxygens (including phenoxy) is 1. The Morgan fingerprint density at radius 2 is 2.00 bits per heavy atom. The van der Waals surface area contributed by atoms with Gasteiger partial charge < -0.3 is 20.3 Å². The molecule has 2 rings (SSSR count). The lowest BCUT2D eigenvalue weighted by atomic mass is 9.84. The van der Waals surface area contributed by atoms with Gasteiger partial charge in [0.1, 0.15) is 0 Å². The van der Waals surface area contributed by atoms with Crippen LogP contribution in [0, 0.1) is 5.41 Å². The Balaban J connectivity index is 0.00000338. The largest absolute Gasteiger partial charge is 0.481 e. The van der Waals surface area contributed by atoms with Crippen LogP contribution < -0.4 is 15.4 Å². The Morgan fingerprint density at radius 1 is 1.31 bits per heavy atom. The number of carbonyl (C=O) groups excluding carboxylic acids is 1. The smallest absolute Gasteiger partial charge is 0.230 e. The van der Waals surface area contributed by atoms with Gasteiger partial charge >= 0.3 is 0 Å². The van der Waals surface area contributed by atoms with E-state index in [9.17, 15) is 4.79 Å². The molecule has 146 valence electrons. The quantitative estimate of drug-likeness (QED) is 0.374. The number of nitrogens with one attached hydrogen (secondary N) is 2. The van der Waals surface area contributed by atoms with Crippen molar-refractivity contribution in [1.29, 1.82) is 0 Å². The fourth-order valence-electron chi connectivity index (χ4n) is 3.29. The van der Waals surface area contributed by atoms with Gasteiger partial charge in [-0.2, -0.15) is 0 Å². The molecule has 8 heteroatoms. The van der Waals surface area contributed by atoms with Crippen LogP contribution in [0.2, 0.25) is 0 Å². The molecule has 0 spiro atoms. The number of hydrogen-bond acceptors (Lipinski definition) is 4. The minimum atomic E-state index is -0.317. The van der Waals surface area contributed by atoms with E-state index in [-0.39, 0.29) is 35.3 Å². The first-order chi connectivity index (χ1) is 12.0. The highest BCUT2D eigenvalue weighted by Gasteiger charge is 2.42. The van der Waals surface area contributed by atoms with Crippen LogP contribution in [0.3, 0.4) is 0 Å². The van der Waals surface area contributed by atoms with E-state index in [2.05, 4.69) is 20.6 Å². The second-order valence-electron chi connectivity index (χ2n) is 6.68. The summed E-state index contributed by atoms with van der Waals surface area (Å²) in [6.07, 6.45) is 5.83.